The zero-order valence-corrected chi connectivity index (χ0v) is 8.42. The van der Waals surface area contributed by atoms with E-state index in [9.17, 15) is 39.5 Å². The third-order valence-corrected chi connectivity index (χ3v) is 1.44. The van der Waals surface area contributed by atoms with Crippen LogP contribution in [0.15, 0.2) is 0 Å². The van der Waals surface area contributed by atoms with Crippen molar-refractivity contribution in [2.24, 2.45) is 0 Å². The van der Waals surface area contributed by atoms with Crippen molar-refractivity contribution in [1.29, 1.82) is 0 Å². The van der Waals surface area contributed by atoms with Gasteiger partial charge in [-0.15, -0.1) is 0 Å². The van der Waals surface area contributed by atoms with Gasteiger partial charge in [-0.05, 0) is 0 Å². The number of ether oxygens (including phenoxy) is 2. The lowest BCUT2D eigenvalue weighted by molar-refractivity contribution is -0.309. The quantitative estimate of drug-likeness (QED) is 0.426. The van der Waals surface area contributed by atoms with E-state index in [1.807, 2.05) is 0 Å². The van der Waals surface area contributed by atoms with Crippen LogP contribution in [0.1, 0.15) is 0 Å². The van der Waals surface area contributed by atoms with Crippen LogP contribution in [0.4, 0.5) is 39.5 Å². The predicted octanol–water partition coefficient (Wildman–Crippen LogP) is 3.08. The van der Waals surface area contributed by atoms with Gasteiger partial charge in [0.15, 0.2) is 6.67 Å². The number of rotatable bonds is 6. The molecule has 0 aromatic heterocycles. The molecule has 0 rings (SSSR count). The Morgan fingerprint density at radius 1 is 0.889 bits per heavy atom. The Kier molecular flexibility index (Phi) is 5.72. The molecule has 0 aromatic carbocycles. The summed E-state index contributed by atoms with van der Waals surface area (Å²) in [7, 11) is 0. The molecule has 0 saturated heterocycles. The van der Waals surface area contributed by atoms with Crippen molar-refractivity contribution in [3.05, 3.63) is 0 Å². The maximum absolute atomic E-state index is 12.5. The Labute approximate surface area is 94.6 Å². The summed E-state index contributed by atoms with van der Waals surface area (Å²) in [5, 5.41) is 0. The molecule has 0 fully saturated rings. The van der Waals surface area contributed by atoms with Crippen LogP contribution in [0.25, 0.3) is 0 Å². The Morgan fingerprint density at radius 3 is 1.72 bits per heavy atom. The molecule has 0 bridgehead atoms. The summed E-state index contributed by atoms with van der Waals surface area (Å²) in [6, 6.07) is 0. The summed E-state index contributed by atoms with van der Waals surface area (Å²) in [5.41, 5.74) is 0. The first-order chi connectivity index (χ1) is 7.90. The molecule has 0 radical (unpaired) electrons. The third-order valence-electron chi connectivity index (χ3n) is 1.44. The Hall–Kier alpha value is -0.710. The lowest BCUT2D eigenvalue weighted by Gasteiger charge is -2.26. The van der Waals surface area contributed by atoms with E-state index in [4.69, 9.17) is 0 Å². The summed E-state index contributed by atoms with van der Waals surface area (Å²) in [4.78, 5) is 0. The van der Waals surface area contributed by atoms with E-state index in [2.05, 4.69) is 9.47 Å². The van der Waals surface area contributed by atoms with Crippen molar-refractivity contribution < 1.29 is 49.0 Å². The average Bonchev–Trinajstić information content (AvgIpc) is 2.13. The van der Waals surface area contributed by atoms with Crippen molar-refractivity contribution in [3.63, 3.8) is 0 Å². The van der Waals surface area contributed by atoms with Crippen LogP contribution >= 0.6 is 0 Å². The van der Waals surface area contributed by atoms with Crippen LogP contribution < -0.4 is 0 Å². The molecule has 1 atom stereocenters. The van der Waals surface area contributed by atoms with Gasteiger partial charge in [-0.1, -0.05) is 0 Å². The van der Waals surface area contributed by atoms with Gasteiger partial charge in [0.25, 0.3) is 0 Å². The summed E-state index contributed by atoms with van der Waals surface area (Å²) < 4.78 is 114. The van der Waals surface area contributed by atoms with Gasteiger partial charge in [0.1, 0.15) is 13.4 Å². The molecule has 11 heteroatoms. The fourth-order valence-electron chi connectivity index (χ4n) is 0.799. The summed E-state index contributed by atoms with van der Waals surface area (Å²) >= 11 is 0. The molecule has 0 aliphatic heterocycles. The van der Waals surface area contributed by atoms with Crippen LogP contribution in [0.2, 0.25) is 0 Å². The molecule has 0 heterocycles. The van der Waals surface area contributed by atoms with Crippen molar-refractivity contribution in [2.45, 2.75) is 24.4 Å². The highest BCUT2D eigenvalue weighted by molar-refractivity contribution is 4.83. The molecule has 0 aliphatic carbocycles. The number of halogens is 9. The molecular formula is C7H7F9O2. The molecule has 0 saturated carbocycles. The van der Waals surface area contributed by atoms with Gasteiger partial charge in [-0.25, -0.2) is 13.2 Å². The minimum atomic E-state index is -5.64. The van der Waals surface area contributed by atoms with E-state index in [1.54, 1.807) is 0 Å². The van der Waals surface area contributed by atoms with E-state index >= 15 is 0 Å². The molecule has 18 heavy (non-hydrogen) atoms. The second kappa shape index (κ2) is 5.95. The maximum Gasteiger partial charge on any atom is 0.420 e. The first-order valence-electron chi connectivity index (χ1n) is 4.17. The minimum absolute atomic E-state index is 1.70. The van der Waals surface area contributed by atoms with Gasteiger partial charge in [-0.3, -0.25) is 0 Å². The summed E-state index contributed by atoms with van der Waals surface area (Å²) in [5.74, 6) is -4.90. The van der Waals surface area contributed by atoms with Gasteiger partial charge >= 0.3 is 18.3 Å². The summed E-state index contributed by atoms with van der Waals surface area (Å²) in [6.07, 6.45) is -14.4. The molecule has 110 valence electrons. The fourth-order valence-corrected chi connectivity index (χ4v) is 0.799. The number of hydrogen-bond acceptors (Lipinski definition) is 2. The average molecular weight is 294 g/mol. The van der Waals surface area contributed by atoms with Crippen LogP contribution in [0.3, 0.4) is 0 Å². The lowest BCUT2D eigenvalue weighted by Crippen LogP contribution is -2.48. The molecule has 1 unspecified atom stereocenters. The fraction of sp³-hybridized carbons (Fsp3) is 1.00. The van der Waals surface area contributed by atoms with Crippen molar-refractivity contribution in [3.8, 4) is 0 Å². The molecule has 0 aromatic rings. The zero-order valence-electron chi connectivity index (χ0n) is 8.42. The Morgan fingerprint density at radius 2 is 1.39 bits per heavy atom. The van der Waals surface area contributed by atoms with Gasteiger partial charge in [-0.2, -0.15) is 26.3 Å². The van der Waals surface area contributed by atoms with Gasteiger partial charge in [0.2, 0.25) is 6.10 Å². The highest BCUT2D eigenvalue weighted by Gasteiger charge is 2.57. The normalized spacial score (nSPS) is 15.8. The molecule has 0 spiro atoms. The third kappa shape index (κ3) is 6.28. The monoisotopic (exact) mass is 294 g/mol. The van der Waals surface area contributed by atoms with Gasteiger partial charge in [0, 0.05) is 0 Å². The Balaban J connectivity index is 4.38. The smallest absolute Gasteiger partial charge is 0.346 e. The van der Waals surface area contributed by atoms with E-state index in [0.717, 1.165) is 0 Å². The first-order valence-corrected chi connectivity index (χ1v) is 4.17. The maximum atomic E-state index is 12.5. The van der Waals surface area contributed by atoms with Crippen LogP contribution in [-0.2, 0) is 9.47 Å². The van der Waals surface area contributed by atoms with Gasteiger partial charge in [0.05, 0.1) is 0 Å². The lowest BCUT2D eigenvalue weighted by atomic mass is 10.2. The van der Waals surface area contributed by atoms with Gasteiger partial charge < -0.3 is 9.47 Å². The van der Waals surface area contributed by atoms with E-state index in [-0.39, 0.29) is 0 Å². The molecular weight excluding hydrogens is 287 g/mol. The van der Waals surface area contributed by atoms with E-state index in [0.29, 0.717) is 0 Å². The van der Waals surface area contributed by atoms with E-state index < -0.39 is 44.5 Å². The molecule has 0 amide bonds. The first kappa shape index (κ1) is 17.3. The second-order valence-electron chi connectivity index (χ2n) is 3.06. The molecule has 0 N–H and O–H groups in total. The van der Waals surface area contributed by atoms with Crippen molar-refractivity contribution in [1.82, 2.24) is 0 Å². The Bertz CT molecular complexity index is 246. The number of alkyl halides is 9. The minimum Gasteiger partial charge on any atom is -0.346 e. The number of hydrogen-bond donors (Lipinski definition) is 0. The molecule has 0 aliphatic rings. The predicted molar refractivity (Wildman–Crippen MR) is 38.7 cm³/mol. The molecule has 2 nitrogen and oxygen atoms in total. The van der Waals surface area contributed by atoms with Crippen LogP contribution in [0, 0.1) is 0 Å². The van der Waals surface area contributed by atoms with Crippen LogP contribution in [0.5, 0.6) is 0 Å². The van der Waals surface area contributed by atoms with Crippen LogP contribution in [-0.4, -0.2) is 44.5 Å². The van der Waals surface area contributed by atoms with Crippen molar-refractivity contribution in [2.75, 3.05) is 20.1 Å². The topological polar surface area (TPSA) is 18.5 Å². The summed E-state index contributed by atoms with van der Waals surface area (Å²) in [6.45, 7) is -6.34. The van der Waals surface area contributed by atoms with E-state index in [1.165, 1.54) is 0 Å². The second-order valence-corrected chi connectivity index (χ2v) is 3.06. The zero-order chi connectivity index (χ0) is 14.6. The highest BCUT2D eigenvalue weighted by Crippen LogP contribution is 2.35. The SMILES string of the molecule is FCC(F)(F)C(OCOCC(F)(F)F)C(F)(F)F. The highest BCUT2D eigenvalue weighted by atomic mass is 19.4. The largest absolute Gasteiger partial charge is 0.420 e. The van der Waals surface area contributed by atoms with Crippen molar-refractivity contribution >= 4 is 0 Å². The standard InChI is InChI=1S/C7H7F9O2/c8-1-5(9,10)4(7(14,15)16)18-3-17-2-6(11,12)13/h4H,1-3H2.